The molecule has 1 aliphatic carbocycles. The molecule has 1 aromatic carbocycles. The number of halogens is 1. The largest absolute Gasteiger partial charge is 0.351 e. The van der Waals surface area contributed by atoms with Gasteiger partial charge in [-0.15, -0.1) is 0 Å². The van der Waals surface area contributed by atoms with E-state index in [4.69, 9.17) is 17.3 Å². The minimum atomic E-state index is -0.665. The van der Waals surface area contributed by atoms with Crippen LogP contribution in [0, 0.1) is 0 Å². The van der Waals surface area contributed by atoms with Crippen LogP contribution < -0.4 is 16.4 Å². The molecule has 0 saturated heterocycles. The number of primary amides is 1. The van der Waals surface area contributed by atoms with Gasteiger partial charge >= 0.3 is 6.03 Å². The average Bonchev–Trinajstić information content (AvgIpc) is 2.43. The summed E-state index contributed by atoms with van der Waals surface area (Å²) in [5.74, 6) is -0.110. The van der Waals surface area contributed by atoms with Crippen LogP contribution >= 0.6 is 11.6 Å². The Morgan fingerprint density at radius 3 is 2.71 bits per heavy atom. The number of nitrogens with one attached hydrogen (secondary N) is 2. The third kappa shape index (κ3) is 4.79. The molecule has 112 valence electrons. The normalized spacial score (nSPS) is 14.2. The summed E-state index contributed by atoms with van der Waals surface area (Å²) in [6.45, 7) is 0. The summed E-state index contributed by atoms with van der Waals surface area (Å²) in [4.78, 5) is 22.9. The average molecular weight is 308 g/mol. The third-order valence-electron chi connectivity index (χ3n) is 3.28. The predicted molar refractivity (Wildman–Crippen MR) is 84.5 cm³/mol. The molecule has 0 atom stereocenters. The molecule has 3 amide bonds. The van der Waals surface area contributed by atoms with Crippen LogP contribution in [-0.4, -0.2) is 11.9 Å². The van der Waals surface area contributed by atoms with E-state index in [1.165, 1.54) is 12.0 Å². The monoisotopic (exact) mass is 307 g/mol. The zero-order chi connectivity index (χ0) is 15.2. The molecule has 0 unspecified atom stereocenters. The van der Waals surface area contributed by atoms with E-state index in [9.17, 15) is 9.59 Å². The fourth-order valence-corrected chi connectivity index (χ4v) is 2.47. The van der Waals surface area contributed by atoms with Crippen LogP contribution in [-0.2, 0) is 4.79 Å². The highest BCUT2D eigenvalue weighted by Crippen LogP contribution is 2.26. The van der Waals surface area contributed by atoms with Crippen molar-refractivity contribution in [3.8, 4) is 0 Å². The molecule has 0 aromatic heterocycles. The molecule has 0 radical (unpaired) electrons. The lowest BCUT2D eigenvalue weighted by atomic mass is 9.97. The van der Waals surface area contributed by atoms with Gasteiger partial charge in [-0.2, -0.15) is 0 Å². The fourth-order valence-electron chi connectivity index (χ4n) is 2.31. The van der Waals surface area contributed by atoms with Crippen molar-refractivity contribution in [2.24, 2.45) is 5.73 Å². The molecule has 0 fully saturated rings. The van der Waals surface area contributed by atoms with Gasteiger partial charge in [-0.3, -0.25) is 4.79 Å². The number of anilines is 2. The lowest BCUT2D eigenvalue weighted by Crippen LogP contribution is -2.19. The predicted octanol–water partition coefficient (Wildman–Crippen LogP) is 3.66. The number of carbonyl (C=O) groups is 2. The van der Waals surface area contributed by atoms with Gasteiger partial charge in [-0.1, -0.05) is 23.3 Å². The second-order valence-electron chi connectivity index (χ2n) is 5.02. The Balaban J connectivity index is 2.02. The summed E-state index contributed by atoms with van der Waals surface area (Å²) in [5, 5.41) is 5.62. The molecule has 0 bridgehead atoms. The molecule has 0 aliphatic heterocycles. The maximum atomic E-state index is 12.0. The molecule has 0 heterocycles. The zero-order valence-corrected chi connectivity index (χ0v) is 12.4. The van der Waals surface area contributed by atoms with Gasteiger partial charge in [0.15, 0.2) is 0 Å². The van der Waals surface area contributed by atoms with Crippen molar-refractivity contribution in [3.05, 3.63) is 34.9 Å². The maximum Gasteiger partial charge on any atom is 0.316 e. The van der Waals surface area contributed by atoms with E-state index >= 15 is 0 Å². The van der Waals surface area contributed by atoms with Gasteiger partial charge in [-0.05, 0) is 43.9 Å². The quantitative estimate of drug-likeness (QED) is 0.742. The van der Waals surface area contributed by atoms with E-state index in [2.05, 4.69) is 16.7 Å². The summed E-state index contributed by atoms with van der Waals surface area (Å²) in [6.07, 6.45) is 6.86. The number of benzene rings is 1. The molecule has 2 rings (SSSR count). The zero-order valence-electron chi connectivity index (χ0n) is 11.6. The first-order valence-electron chi connectivity index (χ1n) is 6.88. The first-order valence-corrected chi connectivity index (χ1v) is 7.26. The van der Waals surface area contributed by atoms with Crippen LogP contribution in [0.2, 0.25) is 5.02 Å². The van der Waals surface area contributed by atoms with Crippen molar-refractivity contribution in [2.45, 2.75) is 32.1 Å². The minimum Gasteiger partial charge on any atom is -0.351 e. The summed E-state index contributed by atoms with van der Waals surface area (Å²) in [7, 11) is 0. The lowest BCUT2D eigenvalue weighted by molar-refractivity contribution is -0.115. The van der Waals surface area contributed by atoms with Gasteiger partial charge in [-0.25, -0.2) is 4.79 Å². The Kier molecular flexibility index (Phi) is 5.22. The van der Waals surface area contributed by atoms with Gasteiger partial charge in [0.25, 0.3) is 0 Å². The Morgan fingerprint density at radius 2 is 2.05 bits per heavy atom. The Bertz CT molecular complexity index is 584. The first kappa shape index (κ1) is 15.4. The first-order chi connectivity index (χ1) is 10.0. The minimum absolute atomic E-state index is 0.110. The van der Waals surface area contributed by atoms with Crippen LogP contribution in [0.1, 0.15) is 32.1 Å². The van der Waals surface area contributed by atoms with Crippen molar-refractivity contribution in [2.75, 3.05) is 10.6 Å². The summed E-state index contributed by atoms with van der Waals surface area (Å²) in [5.41, 5.74) is 7.18. The van der Waals surface area contributed by atoms with Crippen molar-refractivity contribution < 1.29 is 9.59 Å². The van der Waals surface area contributed by atoms with Crippen LogP contribution in [0.3, 0.4) is 0 Å². The van der Waals surface area contributed by atoms with Crippen LogP contribution in [0.25, 0.3) is 0 Å². The van der Waals surface area contributed by atoms with E-state index in [0.29, 0.717) is 22.8 Å². The molecule has 5 nitrogen and oxygen atoms in total. The van der Waals surface area contributed by atoms with Crippen LogP contribution in [0.5, 0.6) is 0 Å². The number of allylic oxidation sites excluding steroid dienone is 1. The van der Waals surface area contributed by atoms with Gasteiger partial charge in [0.05, 0.1) is 10.7 Å². The highest BCUT2D eigenvalue weighted by Gasteiger charge is 2.11. The number of hydrogen-bond acceptors (Lipinski definition) is 2. The van der Waals surface area contributed by atoms with Crippen LogP contribution in [0.4, 0.5) is 16.2 Å². The molecule has 4 N–H and O–H groups in total. The molecule has 21 heavy (non-hydrogen) atoms. The van der Waals surface area contributed by atoms with E-state index in [-0.39, 0.29) is 5.91 Å². The highest BCUT2D eigenvalue weighted by molar-refractivity contribution is 6.33. The number of nitrogens with two attached hydrogens (primary N) is 1. The second-order valence-corrected chi connectivity index (χ2v) is 5.42. The highest BCUT2D eigenvalue weighted by atomic mass is 35.5. The van der Waals surface area contributed by atoms with Gasteiger partial charge in [0.1, 0.15) is 0 Å². The standard InChI is InChI=1S/C15H18ClN3O2/c16-12-7-6-11(18-15(17)21)9-13(12)19-14(20)8-10-4-2-1-3-5-10/h4,6-7,9H,1-3,5,8H2,(H,19,20)(H3,17,18,21). The van der Waals surface area contributed by atoms with E-state index in [1.807, 2.05) is 0 Å². The lowest BCUT2D eigenvalue weighted by Gasteiger charge is -2.13. The molecular formula is C15H18ClN3O2. The van der Waals surface area contributed by atoms with Crippen molar-refractivity contribution in [1.82, 2.24) is 0 Å². The number of carbonyl (C=O) groups excluding carboxylic acids is 2. The Labute approximate surface area is 128 Å². The third-order valence-corrected chi connectivity index (χ3v) is 3.61. The number of rotatable bonds is 4. The molecule has 1 aliphatic rings. The Morgan fingerprint density at radius 1 is 1.24 bits per heavy atom. The van der Waals surface area contributed by atoms with Crippen molar-refractivity contribution >= 4 is 34.9 Å². The number of urea groups is 1. The summed E-state index contributed by atoms with van der Waals surface area (Å²) >= 11 is 6.05. The Hall–Kier alpha value is -2.01. The fraction of sp³-hybridized carbons (Fsp3) is 0.333. The number of hydrogen-bond donors (Lipinski definition) is 3. The summed E-state index contributed by atoms with van der Waals surface area (Å²) < 4.78 is 0. The topological polar surface area (TPSA) is 84.2 Å². The van der Waals surface area contributed by atoms with Gasteiger partial charge in [0.2, 0.25) is 5.91 Å². The summed E-state index contributed by atoms with van der Waals surface area (Å²) in [6, 6.07) is 4.14. The molecule has 0 saturated carbocycles. The van der Waals surface area contributed by atoms with Crippen molar-refractivity contribution in [1.29, 1.82) is 0 Å². The number of amides is 3. The van der Waals surface area contributed by atoms with Crippen molar-refractivity contribution in [3.63, 3.8) is 0 Å². The molecule has 0 spiro atoms. The van der Waals surface area contributed by atoms with E-state index < -0.39 is 6.03 Å². The molecular weight excluding hydrogens is 290 g/mol. The molecule has 1 aromatic rings. The maximum absolute atomic E-state index is 12.0. The van der Waals surface area contributed by atoms with E-state index in [0.717, 1.165) is 19.3 Å². The van der Waals surface area contributed by atoms with E-state index in [1.54, 1.807) is 18.2 Å². The van der Waals surface area contributed by atoms with Gasteiger partial charge in [0, 0.05) is 12.1 Å². The second kappa shape index (κ2) is 7.13. The van der Waals surface area contributed by atoms with Crippen LogP contribution in [0.15, 0.2) is 29.8 Å². The molecule has 6 heteroatoms. The SMILES string of the molecule is NC(=O)Nc1ccc(Cl)c(NC(=O)CC2=CCCCC2)c1. The smallest absolute Gasteiger partial charge is 0.316 e. The van der Waals surface area contributed by atoms with Gasteiger partial charge < -0.3 is 16.4 Å².